The number of esters is 1. The molecule has 684 valence electrons. The first-order chi connectivity index (χ1) is 56.4. The van der Waals surface area contributed by atoms with Gasteiger partial charge in [-0.1, -0.05) is 83.1 Å². The summed E-state index contributed by atoms with van der Waals surface area (Å²) in [5.41, 5.74) is 11.3. The summed E-state index contributed by atoms with van der Waals surface area (Å²) in [6.07, 6.45) is -7.51. The molecule has 43 heteroatoms. The van der Waals surface area contributed by atoms with E-state index < -0.39 is 297 Å². The Balaban J connectivity index is 3.76. The van der Waals surface area contributed by atoms with Gasteiger partial charge in [0.1, 0.15) is 84.6 Å². The fourth-order valence-electron chi connectivity index (χ4n) is 13.0. The van der Waals surface area contributed by atoms with E-state index in [0.29, 0.717) is 6.42 Å². The zero-order valence-electron chi connectivity index (χ0n) is 71.6. The van der Waals surface area contributed by atoms with Crippen molar-refractivity contribution in [3.8, 4) is 0 Å². The number of nitrogens with zero attached hydrogens (tertiary/aromatic N) is 1. The summed E-state index contributed by atoms with van der Waals surface area (Å²) in [6.45, 7) is 21.2. The van der Waals surface area contributed by atoms with Crippen LogP contribution in [0.4, 0.5) is 0 Å². The Labute approximate surface area is 703 Å². The van der Waals surface area contributed by atoms with Crippen LogP contribution in [0.15, 0.2) is 0 Å². The number of nitrogens with two attached hydrogens (primary N) is 2. The van der Waals surface area contributed by atoms with Gasteiger partial charge in [-0.25, -0.2) is 4.79 Å². The number of methoxy groups -OCH3 is 1. The summed E-state index contributed by atoms with van der Waals surface area (Å²) in [5.74, 6) is -25.6. The van der Waals surface area contributed by atoms with Crippen molar-refractivity contribution < 1.29 is 131 Å². The number of hydrogen-bond donors (Lipinski definition) is 20. The van der Waals surface area contributed by atoms with Gasteiger partial charge in [0, 0.05) is 45.6 Å². The van der Waals surface area contributed by atoms with Crippen molar-refractivity contribution in [3.05, 3.63) is 0 Å². The van der Waals surface area contributed by atoms with Gasteiger partial charge in [0.2, 0.25) is 88.6 Å². The highest BCUT2D eigenvalue weighted by atomic mass is 16.5. The fourth-order valence-corrected chi connectivity index (χ4v) is 13.0. The zero-order chi connectivity index (χ0) is 92.4. The third-order valence-corrected chi connectivity index (χ3v) is 19.0. The molecule has 15 amide bonds. The lowest BCUT2D eigenvalue weighted by Gasteiger charge is -2.32. The van der Waals surface area contributed by atoms with E-state index in [9.17, 15) is 126 Å². The first-order valence-corrected chi connectivity index (χ1v) is 40.8. The lowest BCUT2D eigenvalue weighted by Crippen LogP contribution is -2.61. The molecule has 0 aromatic rings. The van der Waals surface area contributed by atoms with Gasteiger partial charge in [-0.05, 0) is 138 Å². The Morgan fingerprint density at radius 2 is 0.636 bits per heavy atom. The molecule has 0 radical (unpaired) electrons. The summed E-state index contributed by atoms with van der Waals surface area (Å²) >= 11 is 0. The first-order valence-electron chi connectivity index (χ1n) is 40.8. The number of likely N-dealkylation sites (tertiary alicyclic amines) is 1. The minimum atomic E-state index is -1.86. The molecule has 1 heterocycles. The van der Waals surface area contributed by atoms with Gasteiger partial charge in [0.15, 0.2) is 0 Å². The molecular weight excluding hydrogens is 1590 g/mol. The van der Waals surface area contributed by atoms with Crippen LogP contribution in [0.5, 0.6) is 0 Å². The zero-order valence-corrected chi connectivity index (χ0v) is 71.6. The standard InChI is InChI=1S/C78H130N16O27/c1-38(2)32-51(81-44(13)95)70(112)85-46(21-26-60(99)100)66(108)82-45(20-25-59(97)98)65(107)83-48(23-28-62(103)104)68(110)88-52(33-39(3)4)72(114)87-50(18-15-16-30-79)77(119)94-31-17-19-57(94)75(117)90-53(34-40(5)6)71(113)86-47(22-27-61(101)102)67(109)84-49(24-29-63(105)106)69(111)93-64(43(11)12)76(118)91-54(35-41(7)8)73(115)89-55(37-58(80)96)74(116)92-56(36-42(9)10)78(120)121-14/h38-43,45-57,64H,15-37,79H2,1-14H3,(H2,80,96)(H,81,95)(H,82,108)(H,83,107)(H,84,109)(H,85,112)(H,86,113)(H,87,114)(H,88,110)(H,89,115)(H,90,117)(H,91,118)(H,92,116)(H,93,111)(H,97,98)(H,99,100)(H,101,102)(H,103,104)(H,105,106)/t45-,46-,47-,48-,49-,50-,51-,52-,53-,54-,55-,56-,57-,64-/m0/s1. The van der Waals surface area contributed by atoms with E-state index >= 15 is 0 Å². The number of nitrogens with one attached hydrogen (secondary N) is 13. The van der Waals surface area contributed by atoms with E-state index in [2.05, 4.69) is 69.1 Å². The molecule has 121 heavy (non-hydrogen) atoms. The molecule has 0 spiro atoms. The van der Waals surface area contributed by atoms with Crippen molar-refractivity contribution >= 4 is 124 Å². The minimum absolute atomic E-state index is 0.0104. The number of carboxylic acids is 5. The van der Waals surface area contributed by atoms with E-state index in [1.165, 1.54) is 13.8 Å². The predicted octanol–water partition coefficient (Wildman–Crippen LogP) is -2.31. The molecule has 0 aromatic carbocycles. The molecular formula is C78H130N16O27. The number of hydrogen-bond acceptors (Lipinski definition) is 23. The van der Waals surface area contributed by atoms with Crippen molar-refractivity contribution in [3.63, 3.8) is 0 Å². The Morgan fingerprint density at radius 3 is 0.950 bits per heavy atom. The topological polar surface area (TPSA) is 681 Å². The van der Waals surface area contributed by atoms with Gasteiger partial charge in [0.05, 0.1) is 13.5 Å². The number of carbonyl (C=O) groups excluding carboxylic acids is 16. The SMILES string of the molecule is COC(=O)[C@H](CC(C)C)NC(=O)[C@H](CC(N)=O)NC(=O)[C@H](CC(C)C)NC(=O)[C@@H](NC(=O)[C@H](CCC(=O)O)NC(=O)[C@H](CCC(=O)O)NC(=O)[C@H](CC(C)C)NC(=O)[C@@H]1CCCN1C(=O)[C@H](CCCCN)NC(=O)[C@H](CC(C)C)NC(=O)[C@H](CCC(=O)O)NC(=O)[C@H](CCC(=O)O)NC(=O)[C@H](CCC(=O)O)NC(=O)[C@H](CC(C)C)NC(C)=O)C(C)C. The van der Waals surface area contributed by atoms with Gasteiger partial charge in [-0.3, -0.25) is 95.9 Å². The minimum Gasteiger partial charge on any atom is -0.481 e. The molecule has 1 aliphatic rings. The van der Waals surface area contributed by atoms with Crippen LogP contribution in [-0.2, 0) is 105 Å². The molecule has 1 rings (SSSR count). The van der Waals surface area contributed by atoms with Crippen LogP contribution in [0.25, 0.3) is 0 Å². The van der Waals surface area contributed by atoms with E-state index in [-0.39, 0.29) is 88.6 Å². The number of ether oxygens (including phenoxy) is 1. The number of amides is 15. The molecule has 0 unspecified atom stereocenters. The molecule has 43 nitrogen and oxygen atoms in total. The average Bonchev–Trinajstić information content (AvgIpc) is 1.73. The van der Waals surface area contributed by atoms with Crippen molar-refractivity contribution in [2.24, 2.45) is 47.0 Å². The molecule has 0 saturated carbocycles. The normalized spacial score (nSPS) is 15.8. The second-order valence-corrected chi connectivity index (χ2v) is 32.6. The van der Waals surface area contributed by atoms with Crippen molar-refractivity contribution in [2.45, 2.75) is 309 Å². The largest absolute Gasteiger partial charge is 0.481 e. The van der Waals surface area contributed by atoms with E-state index in [4.69, 9.17) is 16.2 Å². The van der Waals surface area contributed by atoms with Crippen LogP contribution in [0.1, 0.15) is 225 Å². The highest BCUT2D eigenvalue weighted by molar-refractivity contribution is 6.01. The van der Waals surface area contributed by atoms with Crippen molar-refractivity contribution in [2.75, 3.05) is 20.2 Å². The third-order valence-electron chi connectivity index (χ3n) is 19.0. The monoisotopic (exact) mass is 1720 g/mol. The summed E-state index contributed by atoms with van der Waals surface area (Å²) in [5, 5.41) is 80.5. The Hall–Kier alpha value is -11.2. The van der Waals surface area contributed by atoms with Crippen LogP contribution >= 0.6 is 0 Å². The van der Waals surface area contributed by atoms with Crippen molar-refractivity contribution in [1.29, 1.82) is 0 Å². The summed E-state index contributed by atoms with van der Waals surface area (Å²) in [7, 11) is 1.10. The Kier molecular flexibility index (Phi) is 48.9. The van der Waals surface area contributed by atoms with Gasteiger partial charge >= 0.3 is 35.8 Å². The maximum absolute atomic E-state index is 15.0. The van der Waals surface area contributed by atoms with E-state index in [0.717, 1.165) is 18.9 Å². The summed E-state index contributed by atoms with van der Waals surface area (Å²) in [6, 6.07) is -22.1. The number of carboxylic acid groups (broad SMARTS) is 5. The third kappa shape index (κ3) is 42.6. The smallest absolute Gasteiger partial charge is 0.328 e. The number of unbranched alkanes of at least 4 members (excludes halogenated alkanes) is 1. The second kappa shape index (κ2) is 54.9. The van der Waals surface area contributed by atoms with Gasteiger partial charge in [-0.15, -0.1) is 0 Å². The van der Waals surface area contributed by atoms with Gasteiger partial charge in [-0.2, -0.15) is 0 Å². The Bertz CT molecular complexity index is 3590. The number of primary amides is 1. The molecule has 1 aliphatic heterocycles. The second-order valence-electron chi connectivity index (χ2n) is 32.6. The van der Waals surface area contributed by atoms with E-state index in [1.54, 1.807) is 69.2 Å². The maximum atomic E-state index is 15.0. The van der Waals surface area contributed by atoms with Crippen LogP contribution < -0.4 is 80.6 Å². The Morgan fingerprint density at radius 1 is 0.355 bits per heavy atom. The van der Waals surface area contributed by atoms with Crippen LogP contribution in [0, 0.1) is 35.5 Å². The molecule has 0 aromatic heterocycles. The average molecular weight is 1720 g/mol. The molecule has 0 bridgehead atoms. The van der Waals surface area contributed by atoms with Crippen LogP contribution in [0.3, 0.4) is 0 Å². The number of aliphatic carboxylic acids is 5. The number of rotatable bonds is 59. The molecule has 1 saturated heterocycles. The quantitative estimate of drug-likeness (QED) is 0.0225. The van der Waals surface area contributed by atoms with Crippen LogP contribution in [-0.4, -0.2) is 260 Å². The summed E-state index contributed by atoms with van der Waals surface area (Å²) < 4.78 is 4.82. The number of carbonyl (C=O) groups is 21. The summed E-state index contributed by atoms with van der Waals surface area (Å²) in [4.78, 5) is 283. The van der Waals surface area contributed by atoms with Gasteiger partial charge < -0.3 is 116 Å². The van der Waals surface area contributed by atoms with E-state index in [1.807, 2.05) is 0 Å². The highest BCUT2D eigenvalue weighted by Crippen LogP contribution is 2.23. The molecule has 22 N–H and O–H groups in total. The van der Waals surface area contributed by atoms with Gasteiger partial charge in [0.25, 0.3) is 0 Å². The maximum Gasteiger partial charge on any atom is 0.328 e. The fraction of sp³-hybridized carbons (Fsp3) is 0.731. The lowest BCUT2D eigenvalue weighted by molar-refractivity contribution is -0.146. The van der Waals surface area contributed by atoms with Crippen molar-refractivity contribution in [1.82, 2.24) is 74.0 Å². The lowest BCUT2D eigenvalue weighted by atomic mass is 9.98. The first kappa shape index (κ1) is 108. The molecule has 14 atom stereocenters. The predicted molar refractivity (Wildman–Crippen MR) is 431 cm³/mol. The van der Waals surface area contributed by atoms with Crippen LogP contribution in [0.2, 0.25) is 0 Å². The molecule has 0 aliphatic carbocycles. The highest BCUT2D eigenvalue weighted by Gasteiger charge is 2.43. The molecule has 1 fully saturated rings.